The van der Waals surface area contributed by atoms with Crippen LogP contribution in [0.1, 0.15) is 11.4 Å². The van der Waals surface area contributed by atoms with Gasteiger partial charge in [-0.2, -0.15) is 23.1 Å². The summed E-state index contributed by atoms with van der Waals surface area (Å²) in [7, 11) is 1.48. The smallest absolute Gasteiger partial charge is 0.433 e. The Balaban J connectivity index is 1.75. The second-order valence-corrected chi connectivity index (χ2v) is 5.79. The molecule has 0 spiro atoms. The average Bonchev–Trinajstić information content (AvgIpc) is 2.60. The van der Waals surface area contributed by atoms with Gasteiger partial charge in [0.25, 0.3) is 0 Å². The van der Waals surface area contributed by atoms with Gasteiger partial charge in [0, 0.05) is 37.9 Å². The molecule has 1 fully saturated rings. The van der Waals surface area contributed by atoms with Gasteiger partial charge in [-0.15, -0.1) is 0 Å². The van der Waals surface area contributed by atoms with Crippen LogP contribution in [-0.4, -0.2) is 53.2 Å². The Morgan fingerprint density at radius 2 is 1.65 bits per heavy atom. The largest absolute Gasteiger partial charge is 0.481 e. The van der Waals surface area contributed by atoms with Crippen LogP contribution in [0.25, 0.3) is 0 Å². The third-order valence-electron chi connectivity index (χ3n) is 3.93. The second kappa shape index (κ2) is 6.81. The van der Waals surface area contributed by atoms with Crippen LogP contribution in [0.15, 0.2) is 12.1 Å². The number of nitrogens with zero attached hydrogens (tertiary/aromatic N) is 6. The SMILES string of the molecule is COc1cc(N2CCN(c3nc(C)cc(C(F)(F)F)n3)CC2)nc(N)n1. The molecular weight excluding hydrogens is 351 g/mol. The number of ether oxygens (including phenoxy) is 1. The van der Waals surface area contributed by atoms with Crippen molar-refractivity contribution >= 4 is 17.7 Å². The number of alkyl halides is 3. The third-order valence-corrected chi connectivity index (χ3v) is 3.93. The Kier molecular flexibility index (Phi) is 4.70. The molecule has 0 amide bonds. The number of piperazine rings is 1. The van der Waals surface area contributed by atoms with Crippen LogP contribution in [0.3, 0.4) is 0 Å². The first-order chi connectivity index (χ1) is 12.3. The lowest BCUT2D eigenvalue weighted by Crippen LogP contribution is -2.47. The topological polar surface area (TPSA) is 93.3 Å². The predicted molar refractivity (Wildman–Crippen MR) is 89.2 cm³/mol. The summed E-state index contributed by atoms with van der Waals surface area (Å²) in [6, 6.07) is 2.60. The van der Waals surface area contributed by atoms with E-state index in [-0.39, 0.29) is 17.6 Å². The fourth-order valence-corrected chi connectivity index (χ4v) is 2.67. The van der Waals surface area contributed by atoms with Gasteiger partial charge in [-0.25, -0.2) is 9.97 Å². The number of hydrogen-bond donors (Lipinski definition) is 1. The van der Waals surface area contributed by atoms with Crippen LogP contribution in [-0.2, 0) is 6.18 Å². The molecule has 11 heteroatoms. The molecule has 1 saturated heterocycles. The molecule has 2 aromatic rings. The van der Waals surface area contributed by atoms with E-state index in [9.17, 15) is 13.2 Å². The van der Waals surface area contributed by atoms with Crippen molar-refractivity contribution in [3.63, 3.8) is 0 Å². The minimum absolute atomic E-state index is 0.0803. The Morgan fingerprint density at radius 1 is 1.00 bits per heavy atom. The molecule has 140 valence electrons. The zero-order chi connectivity index (χ0) is 18.9. The standard InChI is InChI=1S/C15H18F3N7O/c1-9-7-10(15(16,17)18)21-14(20-9)25-5-3-24(4-6-25)11-8-12(26-2)23-13(19)22-11/h7-8H,3-6H2,1-2H3,(H2,19,22,23). The van der Waals surface area contributed by atoms with E-state index in [1.54, 1.807) is 11.0 Å². The molecular formula is C15H18F3N7O. The van der Waals surface area contributed by atoms with Crippen LogP contribution in [0.4, 0.5) is 30.9 Å². The maximum atomic E-state index is 13.0. The molecule has 0 radical (unpaired) electrons. The number of anilines is 3. The molecule has 0 atom stereocenters. The fraction of sp³-hybridized carbons (Fsp3) is 0.467. The number of halogens is 3. The highest BCUT2D eigenvalue weighted by Gasteiger charge is 2.34. The van der Waals surface area contributed by atoms with E-state index in [4.69, 9.17) is 10.5 Å². The second-order valence-electron chi connectivity index (χ2n) is 5.79. The van der Waals surface area contributed by atoms with E-state index in [0.717, 1.165) is 6.07 Å². The van der Waals surface area contributed by atoms with Gasteiger partial charge in [-0.1, -0.05) is 0 Å². The lowest BCUT2D eigenvalue weighted by atomic mass is 10.3. The number of hydrogen-bond acceptors (Lipinski definition) is 8. The van der Waals surface area contributed by atoms with Gasteiger partial charge < -0.3 is 20.3 Å². The normalized spacial score (nSPS) is 15.3. The number of nitrogens with two attached hydrogens (primary N) is 1. The summed E-state index contributed by atoms with van der Waals surface area (Å²) in [5.74, 6) is 1.14. The molecule has 3 heterocycles. The summed E-state index contributed by atoms with van der Waals surface area (Å²) in [6.45, 7) is 3.48. The van der Waals surface area contributed by atoms with Gasteiger partial charge in [0.05, 0.1) is 7.11 Å². The Labute approximate surface area is 147 Å². The summed E-state index contributed by atoms with van der Waals surface area (Å²) in [5, 5.41) is 0. The molecule has 0 aliphatic carbocycles. The number of rotatable bonds is 3. The van der Waals surface area contributed by atoms with Crippen molar-refractivity contribution in [1.82, 2.24) is 19.9 Å². The van der Waals surface area contributed by atoms with Gasteiger partial charge >= 0.3 is 6.18 Å². The highest BCUT2D eigenvalue weighted by atomic mass is 19.4. The molecule has 0 saturated carbocycles. The van der Waals surface area contributed by atoms with E-state index in [1.165, 1.54) is 14.0 Å². The molecule has 8 nitrogen and oxygen atoms in total. The molecule has 0 bridgehead atoms. The molecule has 0 aromatic carbocycles. The van der Waals surface area contributed by atoms with Crippen LogP contribution in [0.5, 0.6) is 5.88 Å². The lowest BCUT2D eigenvalue weighted by molar-refractivity contribution is -0.141. The monoisotopic (exact) mass is 369 g/mol. The first kappa shape index (κ1) is 18.0. The summed E-state index contributed by atoms with van der Waals surface area (Å²) in [4.78, 5) is 19.6. The van der Waals surface area contributed by atoms with Crippen molar-refractivity contribution in [2.24, 2.45) is 0 Å². The first-order valence-corrected chi connectivity index (χ1v) is 7.87. The van der Waals surface area contributed by atoms with Crippen LogP contribution >= 0.6 is 0 Å². The Hall–Kier alpha value is -2.85. The minimum atomic E-state index is -4.50. The summed E-state index contributed by atoms with van der Waals surface area (Å²) >= 11 is 0. The molecule has 1 aliphatic heterocycles. The van der Waals surface area contributed by atoms with Gasteiger partial charge in [-0.05, 0) is 13.0 Å². The number of aryl methyl sites for hydroxylation is 1. The maximum Gasteiger partial charge on any atom is 0.433 e. The van der Waals surface area contributed by atoms with Crippen LogP contribution in [0.2, 0.25) is 0 Å². The maximum absolute atomic E-state index is 13.0. The number of aromatic nitrogens is 4. The molecule has 3 rings (SSSR count). The van der Waals surface area contributed by atoms with Crippen molar-refractivity contribution in [3.05, 3.63) is 23.5 Å². The molecule has 2 aromatic heterocycles. The average molecular weight is 369 g/mol. The van der Waals surface area contributed by atoms with Crippen LogP contribution < -0.4 is 20.3 Å². The van der Waals surface area contributed by atoms with Crippen molar-refractivity contribution < 1.29 is 17.9 Å². The van der Waals surface area contributed by atoms with Crippen molar-refractivity contribution in [2.75, 3.05) is 48.8 Å². The van der Waals surface area contributed by atoms with Crippen molar-refractivity contribution in [1.29, 1.82) is 0 Å². The molecule has 2 N–H and O–H groups in total. The van der Waals surface area contributed by atoms with E-state index in [0.29, 0.717) is 37.9 Å². The predicted octanol–water partition coefficient (Wildman–Crippen LogP) is 1.51. The van der Waals surface area contributed by atoms with Gasteiger partial charge in [0.15, 0.2) is 0 Å². The molecule has 26 heavy (non-hydrogen) atoms. The van der Waals surface area contributed by atoms with Crippen molar-refractivity contribution in [3.8, 4) is 5.88 Å². The quantitative estimate of drug-likeness (QED) is 0.870. The zero-order valence-corrected chi connectivity index (χ0v) is 14.3. The third kappa shape index (κ3) is 3.86. The molecule has 1 aliphatic rings. The van der Waals surface area contributed by atoms with E-state index in [2.05, 4.69) is 19.9 Å². The fourth-order valence-electron chi connectivity index (χ4n) is 2.67. The lowest BCUT2D eigenvalue weighted by Gasteiger charge is -2.35. The van der Waals surface area contributed by atoms with E-state index < -0.39 is 11.9 Å². The zero-order valence-electron chi connectivity index (χ0n) is 14.3. The number of methoxy groups -OCH3 is 1. The van der Waals surface area contributed by atoms with Crippen molar-refractivity contribution in [2.45, 2.75) is 13.1 Å². The minimum Gasteiger partial charge on any atom is -0.481 e. The first-order valence-electron chi connectivity index (χ1n) is 7.87. The Morgan fingerprint density at radius 3 is 2.27 bits per heavy atom. The highest BCUT2D eigenvalue weighted by Crippen LogP contribution is 2.29. The van der Waals surface area contributed by atoms with Gasteiger partial charge in [-0.3, -0.25) is 0 Å². The molecule has 0 unspecified atom stereocenters. The van der Waals surface area contributed by atoms with E-state index in [1.807, 2.05) is 4.90 Å². The summed E-state index contributed by atoms with van der Waals surface area (Å²) < 4.78 is 43.9. The van der Waals surface area contributed by atoms with Gasteiger partial charge in [0.2, 0.25) is 17.8 Å². The highest BCUT2D eigenvalue weighted by molar-refractivity contribution is 5.47. The van der Waals surface area contributed by atoms with Crippen LogP contribution in [0, 0.1) is 6.92 Å². The Bertz CT molecular complexity index is 791. The number of nitrogen functional groups attached to an aromatic ring is 1. The van der Waals surface area contributed by atoms with E-state index >= 15 is 0 Å². The summed E-state index contributed by atoms with van der Waals surface area (Å²) in [6.07, 6.45) is -4.50. The van der Waals surface area contributed by atoms with Gasteiger partial charge in [0.1, 0.15) is 11.5 Å². The summed E-state index contributed by atoms with van der Waals surface area (Å²) in [5.41, 5.74) is 5.01.